The van der Waals surface area contributed by atoms with Gasteiger partial charge in [0.2, 0.25) is 5.91 Å². The number of nitrogens with one attached hydrogen (secondary N) is 1. The first kappa shape index (κ1) is 17.9. The van der Waals surface area contributed by atoms with Crippen LogP contribution in [0.15, 0.2) is 29.1 Å². The molecule has 2 heterocycles. The molecule has 0 radical (unpaired) electrons. The number of hydrogen-bond acceptors (Lipinski definition) is 4. The third-order valence-corrected chi connectivity index (χ3v) is 4.76. The summed E-state index contributed by atoms with van der Waals surface area (Å²) in [5.41, 5.74) is 0.595. The molecule has 1 amide bonds. The maximum atomic E-state index is 12.7. The molecule has 0 saturated carbocycles. The molecule has 1 fully saturated rings. The fourth-order valence-corrected chi connectivity index (χ4v) is 3.22. The van der Waals surface area contributed by atoms with E-state index in [1.165, 1.54) is 17.5 Å². The van der Waals surface area contributed by atoms with Gasteiger partial charge in [-0.05, 0) is 38.9 Å². The van der Waals surface area contributed by atoms with Gasteiger partial charge in [0, 0.05) is 11.9 Å². The lowest BCUT2D eigenvalue weighted by Gasteiger charge is -2.16. The van der Waals surface area contributed by atoms with E-state index < -0.39 is 5.38 Å². The number of carbonyl (C=O) groups excluding carboxylic acids is 1. The minimum atomic E-state index is -0.604. The summed E-state index contributed by atoms with van der Waals surface area (Å²) in [6, 6.07) is 7.38. The van der Waals surface area contributed by atoms with Crippen LogP contribution in [0.5, 0.6) is 0 Å². The predicted octanol–water partition coefficient (Wildman–Crippen LogP) is 1.74. The topological polar surface area (TPSA) is 67.2 Å². The molecule has 6 nitrogen and oxygen atoms in total. The van der Waals surface area contributed by atoms with E-state index in [1.807, 2.05) is 18.2 Å². The first-order valence-corrected chi connectivity index (χ1v) is 9.13. The number of hydrogen-bond donors (Lipinski definition) is 1. The molecule has 1 atom stereocenters. The summed E-state index contributed by atoms with van der Waals surface area (Å²) in [6.45, 7) is 5.41. The van der Waals surface area contributed by atoms with Crippen LogP contribution in [0.1, 0.15) is 25.5 Å². The second-order valence-corrected chi connectivity index (χ2v) is 7.06. The Morgan fingerprint density at radius 1 is 1.24 bits per heavy atom. The fraction of sp³-hybridized carbons (Fsp3) is 0.500. The molecule has 1 aliphatic heterocycles. The van der Waals surface area contributed by atoms with Gasteiger partial charge in [-0.2, -0.15) is 5.10 Å². The number of aromatic nitrogens is 2. The van der Waals surface area contributed by atoms with Gasteiger partial charge >= 0.3 is 0 Å². The van der Waals surface area contributed by atoms with E-state index in [9.17, 15) is 9.59 Å². The van der Waals surface area contributed by atoms with E-state index in [1.54, 1.807) is 13.0 Å². The number of likely N-dealkylation sites (tertiary alicyclic amines) is 1. The molecule has 25 heavy (non-hydrogen) atoms. The standard InChI is InChI=1S/C18H23ClN4O2/c1-13(19)17(24)20-12-16-14-6-2-3-7-15(14)18(25)23(21-16)11-10-22-8-4-5-9-22/h2-3,6-7,13H,4-5,8-12H2,1H3,(H,20,24). The second-order valence-electron chi connectivity index (χ2n) is 6.40. The smallest absolute Gasteiger partial charge is 0.274 e. The van der Waals surface area contributed by atoms with Crippen molar-refractivity contribution in [1.82, 2.24) is 20.0 Å². The van der Waals surface area contributed by atoms with Crippen molar-refractivity contribution in [3.63, 3.8) is 0 Å². The van der Waals surface area contributed by atoms with Gasteiger partial charge in [0.05, 0.1) is 24.2 Å². The van der Waals surface area contributed by atoms with Crippen molar-refractivity contribution in [2.75, 3.05) is 19.6 Å². The average Bonchev–Trinajstić information content (AvgIpc) is 3.13. The number of benzene rings is 1. The van der Waals surface area contributed by atoms with Crippen LogP contribution in [-0.4, -0.2) is 45.6 Å². The van der Waals surface area contributed by atoms with Crippen molar-refractivity contribution in [3.8, 4) is 0 Å². The molecule has 1 unspecified atom stereocenters. The van der Waals surface area contributed by atoms with Crippen LogP contribution < -0.4 is 10.9 Å². The highest BCUT2D eigenvalue weighted by atomic mass is 35.5. The van der Waals surface area contributed by atoms with Gasteiger partial charge in [-0.25, -0.2) is 4.68 Å². The number of amides is 1. The third kappa shape index (κ3) is 4.19. The van der Waals surface area contributed by atoms with Crippen molar-refractivity contribution >= 4 is 28.3 Å². The van der Waals surface area contributed by atoms with Crippen LogP contribution in [0.2, 0.25) is 0 Å². The highest BCUT2D eigenvalue weighted by Gasteiger charge is 2.15. The zero-order chi connectivity index (χ0) is 17.8. The highest BCUT2D eigenvalue weighted by Crippen LogP contribution is 2.14. The molecule has 1 aliphatic rings. The quantitative estimate of drug-likeness (QED) is 0.795. The van der Waals surface area contributed by atoms with Gasteiger partial charge in [-0.1, -0.05) is 18.2 Å². The van der Waals surface area contributed by atoms with Crippen molar-refractivity contribution in [3.05, 3.63) is 40.3 Å². The predicted molar refractivity (Wildman–Crippen MR) is 98.8 cm³/mol. The fourth-order valence-electron chi connectivity index (χ4n) is 3.14. The minimum absolute atomic E-state index is 0.0874. The van der Waals surface area contributed by atoms with Crippen LogP contribution in [0, 0.1) is 0 Å². The van der Waals surface area contributed by atoms with Crippen molar-refractivity contribution in [1.29, 1.82) is 0 Å². The van der Waals surface area contributed by atoms with Crippen molar-refractivity contribution in [2.24, 2.45) is 0 Å². The average molecular weight is 363 g/mol. The lowest BCUT2D eigenvalue weighted by molar-refractivity contribution is -0.120. The summed E-state index contributed by atoms with van der Waals surface area (Å²) in [5, 5.41) is 8.08. The number of fused-ring (bicyclic) bond motifs is 1. The maximum Gasteiger partial charge on any atom is 0.274 e. The van der Waals surface area contributed by atoms with E-state index in [0.717, 1.165) is 25.0 Å². The Labute approximate surface area is 151 Å². The Hall–Kier alpha value is -1.92. The Balaban J connectivity index is 1.87. The summed E-state index contributed by atoms with van der Waals surface area (Å²) >= 11 is 5.80. The molecule has 3 rings (SSSR count). The normalized spacial score (nSPS) is 16.2. The van der Waals surface area contributed by atoms with Gasteiger partial charge in [0.15, 0.2) is 0 Å². The molecular weight excluding hydrogens is 340 g/mol. The number of carbonyl (C=O) groups is 1. The van der Waals surface area contributed by atoms with Gasteiger partial charge in [0.25, 0.3) is 5.56 Å². The number of nitrogens with zero attached hydrogens (tertiary/aromatic N) is 3. The monoisotopic (exact) mass is 362 g/mol. The number of halogens is 1. The van der Waals surface area contributed by atoms with E-state index >= 15 is 0 Å². The first-order chi connectivity index (χ1) is 12.1. The lowest BCUT2D eigenvalue weighted by atomic mass is 10.1. The van der Waals surface area contributed by atoms with E-state index in [4.69, 9.17) is 11.6 Å². The SMILES string of the molecule is CC(Cl)C(=O)NCc1nn(CCN2CCCC2)c(=O)c2ccccc12. The molecule has 1 aromatic heterocycles. The third-order valence-electron chi connectivity index (χ3n) is 4.56. The molecular formula is C18H23ClN4O2. The summed E-state index contributed by atoms with van der Waals surface area (Å²) < 4.78 is 1.52. The molecule has 1 N–H and O–H groups in total. The summed E-state index contributed by atoms with van der Waals surface area (Å²) in [5.74, 6) is -0.248. The Morgan fingerprint density at radius 2 is 1.92 bits per heavy atom. The Kier molecular flexibility index (Phi) is 5.71. The molecule has 1 saturated heterocycles. The van der Waals surface area contributed by atoms with Crippen LogP contribution in [0.4, 0.5) is 0 Å². The zero-order valence-corrected chi connectivity index (χ0v) is 15.1. The van der Waals surface area contributed by atoms with Crippen LogP contribution >= 0.6 is 11.6 Å². The zero-order valence-electron chi connectivity index (χ0n) is 14.4. The summed E-state index contributed by atoms with van der Waals surface area (Å²) in [7, 11) is 0. The number of rotatable bonds is 6. The molecule has 1 aromatic carbocycles. The van der Waals surface area contributed by atoms with E-state index in [-0.39, 0.29) is 18.0 Å². The maximum absolute atomic E-state index is 12.7. The second kappa shape index (κ2) is 7.97. The van der Waals surface area contributed by atoms with Crippen LogP contribution in [-0.2, 0) is 17.9 Å². The Morgan fingerprint density at radius 3 is 2.60 bits per heavy atom. The molecule has 0 bridgehead atoms. The van der Waals surface area contributed by atoms with Gasteiger partial charge in [-0.15, -0.1) is 11.6 Å². The van der Waals surface area contributed by atoms with Gasteiger partial charge in [-0.3, -0.25) is 9.59 Å². The molecule has 134 valence electrons. The minimum Gasteiger partial charge on any atom is -0.349 e. The van der Waals surface area contributed by atoms with Crippen LogP contribution in [0.3, 0.4) is 0 Å². The number of alkyl halides is 1. The van der Waals surface area contributed by atoms with Crippen LogP contribution in [0.25, 0.3) is 10.8 Å². The molecule has 2 aromatic rings. The highest BCUT2D eigenvalue weighted by molar-refractivity contribution is 6.30. The molecule has 0 spiro atoms. The van der Waals surface area contributed by atoms with Gasteiger partial charge in [0.1, 0.15) is 5.38 Å². The van der Waals surface area contributed by atoms with E-state index in [0.29, 0.717) is 17.6 Å². The molecule has 0 aliphatic carbocycles. The van der Waals surface area contributed by atoms with Crippen molar-refractivity contribution < 1.29 is 4.79 Å². The van der Waals surface area contributed by atoms with Crippen molar-refractivity contribution in [2.45, 2.75) is 38.2 Å². The Bertz CT molecular complexity index is 812. The lowest BCUT2D eigenvalue weighted by Crippen LogP contribution is -2.33. The molecule has 7 heteroatoms. The first-order valence-electron chi connectivity index (χ1n) is 8.69. The largest absolute Gasteiger partial charge is 0.349 e. The van der Waals surface area contributed by atoms with E-state index in [2.05, 4.69) is 15.3 Å². The summed E-state index contributed by atoms with van der Waals surface area (Å²) in [6.07, 6.45) is 2.43. The summed E-state index contributed by atoms with van der Waals surface area (Å²) in [4.78, 5) is 26.8. The van der Waals surface area contributed by atoms with Gasteiger partial charge < -0.3 is 10.2 Å².